The summed E-state index contributed by atoms with van der Waals surface area (Å²) in [5.74, 6) is 0. The Kier molecular flexibility index (Phi) is 2.77. The molecule has 0 atom stereocenters. The molecule has 2 aromatic carbocycles. The van der Waals surface area contributed by atoms with Gasteiger partial charge in [0.15, 0.2) is 0 Å². The molecule has 0 spiro atoms. The van der Waals surface area contributed by atoms with E-state index in [1.165, 1.54) is 40.3 Å². The second-order valence-electron chi connectivity index (χ2n) is 4.27. The SMILES string of the molecule is CCCc1c(C)c(C)cc2ccccc12. The first-order valence-corrected chi connectivity index (χ1v) is 5.72. The molecule has 0 radical (unpaired) electrons. The van der Waals surface area contributed by atoms with Gasteiger partial charge in [-0.2, -0.15) is 0 Å². The second-order valence-corrected chi connectivity index (χ2v) is 4.27. The Morgan fingerprint density at radius 3 is 2.53 bits per heavy atom. The van der Waals surface area contributed by atoms with Crippen LogP contribution in [-0.2, 0) is 6.42 Å². The summed E-state index contributed by atoms with van der Waals surface area (Å²) in [6.45, 7) is 6.70. The maximum absolute atomic E-state index is 2.30. The first kappa shape index (κ1) is 10.2. The van der Waals surface area contributed by atoms with Crippen LogP contribution in [0, 0.1) is 13.8 Å². The lowest BCUT2D eigenvalue weighted by Gasteiger charge is -2.12. The fourth-order valence-electron chi connectivity index (χ4n) is 2.25. The van der Waals surface area contributed by atoms with Crippen molar-refractivity contribution in [2.75, 3.05) is 0 Å². The Bertz CT molecular complexity index is 481. The molecule has 2 rings (SSSR count). The number of rotatable bonds is 2. The lowest BCUT2D eigenvalue weighted by Crippen LogP contribution is -1.94. The Balaban J connectivity index is 2.77. The van der Waals surface area contributed by atoms with Crippen LogP contribution in [0.1, 0.15) is 30.0 Å². The molecule has 2 aromatic rings. The number of hydrogen-bond donors (Lipinski definition) is 0. The molecule has 0 aromatic heterocycles. The summed E-state index contributed by atoms with van der Waals surface area (Å²) in [4.78, 5) is 0. The molecule has 0 N–H and O–H groups in total. The van der Waals surface area contributed by atoms with Crippen LogP contribution in [0.15, 0.2) is 30.3 Å². The summed E-state index contributed by atoms with van der Waals surface area (Å²) >= 11 is 0. The van der Waals surface area contributed by atoms with Gasteiger partial charge in [-0.1, -0.05) is 43.7 Å². The molecule has 0 saturated heterocycles. The Morgan fingerprint density at radius 1 is 1.07 bits per heavy atom. The molecule has 0 fully saturated rings. The Labute approximate surface area is 91.9 Å². The van der Waals surface area contributed by atoms with Gasteiger partial charge in [0.05, 0.1) is 0 Å². The fraction of sp³-hybridized carbons (Fsp3) is 0.333. The van der Waals surface area contributed by atoms with Gasteiger partial charge in [0.1, 0.15) is 0 Å². The molecule has 0 aliphatic heterocycles. The molecule has 0 unspecified atom stereocenters. The summed E-state index contributed by atoms with van der Waals surface area (Å²) in [5.41, 5.74) is 4.42. The largest absolute Gasteiger partial charge is 0.0651 e. The van der Waals surface area contributed by atoms with Crippen LogP contribution in [0.4, 0.5) is 0 Å². The minimum Gasteiger partial charge on any atom is -0.0651 e. The van der Waals surface area contributed by atoms with E-state index in [1.54, 1.807) is 0 Å². The quantitative estimate of drug-likeness (QED) is 0.670. The molecule has 0 aliphatic rings. The van der Waals surface area contributed by atoms with Crippen molar-refractivity contribution in [1.82, 2.24) is 0 Å². The fourth-order valence-corrected chi connectivity index (χ4v) is 2.25. The summed E-state index contributed by atoms with van der Waals surface area (Å²) < 4.78 is 0. The average molecular weight is 198 g/mol. The van der Waals surface area contributed by atoms with Crippen LogP contribution in [0.25, 0.3) is 10.8 Å². The van der Waals surface area contributed by atoms with Crippen LogP contribution in [0.3, 0.4) is 0 Å². The summed E-state index contributed by atoms with van der Waals surface area (Å²) in [5, 5.41) is 2.81. The zero-order valence-electron chi connectivity index (χ0n) is 9.80. The highest BCUT2D eigenvalue weighted by Gasteiger charge is 2.06. The smallest absolute Gasteiger partial charge is 0.0149 e. The third-order valence-corrected chi connectivity index (χ3v) is 3.20. The molecule has 0 heteroatoms. The van der Waals surface area contributed by atoms with Crippen LogP contribution in [0.5, 0.6) is 0 Å². The van der Waals surface area contributed by atoms with Crippen molar-refractivity contribution >= 4 is 10.8 Å². The first-order valence-electron chi connectivity index (χ1n) is 5.72. The van der Waals surface area contributed by atoms with E-state index in [4.69, 9.17) is 0 Å². The molecule has 0 bridgehead atoms. The van der Waals surface area contributed by atoms with E-state index in [0.29, 0.717) is 0 Å². The van der Waals surface area contributed by atoms with Gasteiger partial charge in [-0.15, -0.1) is 0 Å². The summed E-state index contributed by atoms with van der Waals surface area (Å²) in [7, 11) is 0. The van der Waals surface area contributed by atoms with Crippen LogP contribution < -0.4 is 0 Å². The van der Waals surface area contributed by atoms with E-state index in [0.717, 1.165) is 0 Å². The monoisotopic (exact) mass is 198 g/mol. The highest BCUT2D eigenvalue weighted by Crippen LogP contribution is 2.26. The minimum absolute atomic E-state index is 1.19. The molecular weight excluding hydrogens is 180 g/mol. The van der Waals surface area contributed by atoms with E-state index in [-0.39, 0.29) is 0 Å². The lowest BCUT2D eigenvalue weighted by molar-refractivity contribution is 0.918. The maximum atomic E-state index is 2.30. The van der Waals surface area contributed by atoms with Gasteiger partial charge in [0.25, 0.3) is 0 Å². The van der Waals surface area contributed by atoms with Crippen molar-refractivity contribution < 1.29 is 0 Å². The third kappa shape index (κ3) is 1.77. The number of fused-ring (bicyclic) bond motifs is 1. The molecule has 0 nitrogen and oxygen atoms in total. The predicted octanol–water partition coefficient (Wildman–Crippen LogP) is 4.41. The molecule has 0 aliphatic carbocycles. The van der Waals surface area contributed by atoms with E-state index < -0.39 is 0 Å². The van der Waals surface area contributed by atoms with Gasteiger partial charge in [-0.05, 0) is 47.7 Å². The van der Waals surface area contributed by atoms with Crippen LogP contribution in [-0.4, -0.2) is 0 Å². The third-order valence-electron chi connectivity index (χ3n) is 3.20. The van der Waals surface area contributed by atoms with Gasteiger partial charge in [-0.3, -0.25) is 0 Å². The summed E-state index contributed by atoms with van der Waals surface area (Å²) in [6.07, 6.45) is 2.41. The van der Waals surface area contributed by atoms with Crippen LogP contribution in [0.2, 0.25) is 0 Å². The van der Waals surface area contributed by atoms with Crippen LogP contribution >= 0.6 is 0 Å². The standard InChI is InChI=1S/C15H18/c1-4-7-14-12(3)11(2)10-13-8-5-6-9-15(13)14/h5-6,8-10H,4,7H2,1-3H3. The minimum atomic E-state index is 1.19. The highest BCUT2D eigenvalue weighted by atomic mass is 14.1. The van der Waals surface area contributed by atoms with Gasteiger partial charge in [-0.25, -0.2) is 0 Å². The van der Waals surface area contributed by atoms with E-state index in [1.807, 2.05) is 0 Å². The van der Waals surface area contributed by atoms with Gasteiger partial charge in [0, 0.05) is 0 Å². The Morgan fingerprint density at radius 2 is 1.80 bits per heavy atom. The van der Waals surface area contributed by atoms with Crippen molar-refractivity contribution in [3.05, 3.63) is 47.0 Å². The van der Waals surface area contributed by atoms with Gasteiger partial charge < -0.3 is 0 Å². The van der Waals surface area contributed by atoms with E-state index in [9.17, 15) is 0 Å². The van der Waals surface area contributed by atoms with Gasteiger partial charge in [0.2, 0.25) is 0 Å². The molecule has 0 saturated carbocycles. The lowest BCUT2D eigenvalue weighted by atomic mass is 9.93. The average Bonchev–Trinajstić information content (AvgIpc) is 2.25. The molecule has 0 amide bonds. The highest BCUT2D eigenvalue weighted by molar-refractivity contribution is 5.87. The number of benzene rings is 2. The molecular formula is C15H18. The van der Waals surface area contributed by atoms with Crippen molar-refractivity contribution in [3.63, 3.8) is 0 Å². The van der Waals surface area contributed by atoms with Gasteiger partial charge >= 0.3 is 0 Å². The molecule has 0 heterocycles. The van der Waals surface area contributed by atoms with Crippen molar-refractivity contribution in [2.24, 2.45) is 0 Å². The normalized spacial score (nSPS) is 10.9. The number of aryl methyl sites for hydroxylation is 2. The maximum Gasteiger partial charge on any atom is -0.0149 e. The summed E-state index contributed by atoms with van der Waals surface area (Å²) in [6, 6.07) is 11.0. The van der Waals surface area contributed by atoms with E-state index >= 15 is 0 Å². The zero-order valence-corrected chi connectivity index (χ0v) is 9.80. The van der Waals surface area contributed by atoms with E-state index in [2.05, 4.69) is 51.1 Å². The van der Waals surface area contributed by atoms with Crippen molar-refractivity contribution in [1.29, 1.82) is 0 Å². The molecule has 78 valence electrons. The first-order chi connectivity index (χ1) is 7.24. The predicted molar refractivity (Wildman–Crippen MR) is 67.4 cm³/mol. The second kappa shape index (κ2) is 4.06. The van der Waals surface area contributed by atoms with Crippen molar-refractivity contribution in [2.45, 2.75) is 33.6 Å². The Hall–Kier alpha value is -1.30. The van der Waals surface area contributed by atoms with Crippen molar-refractivity contribution in [3.8, 4) is 0 Å². The number of hydrogen-bond acceptors (Lipinski definition) is 0. The molecule has 15 heavy (non-hydrogen) atoms. The topological polar surface area (TPSA) is 0 Å². The zero-order chi connectivity index (χ0) is 10.8.